The Hall–Kier alpha value is -3.81. The molecule has 1 unspecified atom stereocenters. The zero-order chi connectivity index (χ0) is 28.2. The van der Waals surface area contributed by atoms with Crippen LogP contribution in [0, 0.1) is 0 Å². The Bertz CT molecular complexity index is 1320. The van der Waals surface area contributed by atoms with E-state index in [1.165, 1.54) is 12.1 Å². The van der Waals surface area contributed by atoms with E-state index in [1.54, 1.807) is 18.2 Å². The number of likely N-dealkylation sites (N-methyl/N-ethyl adjacent to an activating group) is 1. The number of carboxylic acids is 1. The Kier molecular flexibility index (Phi) is 8.63. The molecule has 1 heterocycles. The molecule has 0 saturated carbocycles. The molecule has 3 aromatic carbocycles. The number of piperazine rings is 1. The van der Waals surface area contributed by atoms with Crippen LogP contribution in [0.15, 0.2) is 66.7 Å². The number of aliphatic hydroxyl groups excluding tert-OH is 1. The number of phenols is 1. The van der Waals surface area contributed by atoms with Gasteiger partial charge < -0.3 is 29.9 Å². The number of carbonyl (C=O) groups is 1. The summed E-state index contributed by atoms with van der Waals surface area (Å²) in [6.45, 7) is 10.5. The van der Waals surface area contributed by atoms with Gasteiger partial charge in [-0.1, -0.05) is 69.3 Å². The third-order valence-electron chi connectivity index (χ3n) is 7.03. The normalized spacial score (nSPS) is 15.5. The van der Waals surface area contributed by atoms with Crippen LogP contribution in [0.4, 0.5) is 5.69 Å². The van der Waals surface area contributed by atoms with Crippen LogP contribution < -0.4 is 9.64 Å². The van der Waals surface area contributed by atoms with Gasteiger partial charge in [0.05, 0.1) is 11.8 Å². The predicted octanol–water partition coefficient (Wildman–Crippen LogP) is 5.47. The zero-order valence-corrected chi connectivity index (χ0v) is 23.1. The summed E-state index contributed by atoms with van der Waals surface area (Å²) in [6.07, 6.45) is 2.42. The van der Waals surface area contributed by atoms with E-state index < -0.39 is 12.1 Å². The van der Waals surface area contributed by atoms with Gasteiger partial charge in [0.1, 0.15) is 23.7 Å². The molecule has 3 aromatic rings. The van der Waals surface area contributed by atoms with Crippen LogP contribution in [0.2, 0.25) is 0 Å². The molecule has 0 aromatic heterocycles. The maximum atomic E-state index is 11.2. The molecular weight excluding hydrogens is 492 g/mol. The van der Waals surface area contributed by atoms with E-state index in [9.17, 15) is 15.0 Å². The largest absolute Gasteiger partial charge is 0.507 e. The smallest absolute Gasteiger partial charge is 0.339 e. The second-order valence-corrected chi connectivity index (χ2v) is 11.1. The SMILES string of the molecule is CN1CCN(c2cc(C(O)/C=C/c3ccc(C(=O)O)c(O)c3)cc(C(C)(C)C)c2OCc2ccccc2)CC1. The highest BCUT2D eigenvalue weighted by Crippen LogP contribution is 2.42. The number of hydrogen-bond donors (Lipinski definition) is 3. The van der Waals surface area contributed by atoms with Gasteiger partial charge in [-0.2, -0.15) is 0 Å². The fourth-order valence-corrected chi connectivity index (χ4v) is 4.67. The first kappa shape index (κ1) is 28.2. The first-order chi connectivity index (χ1) is 18.5. The van der Waals surface area contributed by atoms with Crippen molar-refractivity contribution in [2.75, 3.05) is 38.1 Å². The molecule has 0 bridgehead atoms. The number of hydrogen-bond acceptors (Lipinski definition) is 6. The lowest BCUT2D eigenvalue weighted by Crippen LogP contribution is -2.44. The number of aliphatic hydroxyl groups is 1. The van der Waals surface area contributed by atoms with Crippen LogP contribution in [0.25, 0.3) is 6.08 Å². The number of anilines is 1. The third kappa shape index (κ3) is 6.99. The van der Waals surface area contributed by atoms with Crippen molar-refractivity contribution in [3.63, 3.8) is 0 Å². The summed E-state index contributed by atoms with van der Waals surface area (Å²) in [5.74, 6) is -0.666. The quantitative estimate of drug-likeness (QED) is 0.356. The lowest BCUT2D eigenvalue weighted by atomic mass is 9.84. The number of carboxylic acid groups (broad SMARTS) is 1. The molecule has 0 radical (unpaired) electrons. The molecule has 1 atom stereocenters. The van der Waals surface area contributed by atoms with Gasteiger partial charge in [0.2, 0.25) is 0 Å². The summed E-state index contributed by atoms with van der Waals surface area (Å²) in [5, 5.41) is 30.4. The zero-order valence-electron chi connectivity index (χ0n) is 23.1. The molecule has 1 aliphatic heterocycles. The predicted molar refractivity (Wildman–Crippen MR) is 155 cm³/mol. The molecule has 4 rings (SSSR count). The van der Waals surface area contributed by atoms with Crippen molar-refractivity contribution in [2.24, 2.45) is 0 Å². The Labute approximate surface area is 230 Å². The summed E-state index contributed by atoms with van der Waals surface area (Å²) < 4.78 is 6.54. The van der Waals surface area contributed by atoms with E-state index in [-0.39, 0.29) is 16.7 Å². The molecule has 1 fully saturated rings. The average molecular weight is 531 g/mol. The molecule has 206 valence electrons. The van der Waals surface area contributed by atoms with E-state index >= 15 is 0 Å². The lowest BCUT2D eigenvalue weighted by molar-refractivity contribution is 0.0693. The molecule has 7 nitrogen and oxygen atoms in total. The van der Waals surface area contributed by atoms with Crippen molar-refractivity contribution < 1.29 is 24.9 Å². The second kappa shape index (κ2) is 11.9. The Morgan fingerprint density at radius 3 is 2.33 bits per heavy atom. The molecule has 0 amide bonds. The minimum Gasteiger partial charge on any atom is -0.507 e. The van der Waals surface area contributed by atoms with Gasteiger partial charge >= 0.3 is 5.97 Å². The molecular formula is C32H38N2O5. The van der Waals surface area contributed by atoms with Gasteiger partial charge in [-0.25, -0.2) is 4.79 Å². The van der Waals surface area contributed by atoms with Crippen molar-refractivity contribution >= 4 is 17.7 Å². The van der Waals surface area contributed by atoms with E-state index in [0.29, 0.717) is 12.2 Å². The van der Waals surface area contributed by atoms with Crippen LogP contribution in [0.1, 0.15) is 59.5 Å². The van der Waals surface area contributed by atoms with Crippen molar-refractivity contribution in [1.82, 2.24) is 4.90 Å². The minimum atomic E-state index is -1.19. The summed E-state index contributed by atoms with van der Waals surface area (Å²) >= 11 is 0. The maximum absolute atomic E-state index is 11.2. The van der Waals surface area contributed by atoms with Crippen molar-refractivity contribution in [3.8, 4) is 11.5 Å². The molecule has 1 saturated heterocycles. The van der Waals surface area contributed by atoms with E-state index in [0.717, 1.165) is 54.3 Å². The number of aromatic carboxylic acids is 1. The van der Waals surface area contributed by atoms with Crippen LogP contribution in [0.5, 0.6) is 11.5 Å². The second-order valence-electron chi connectivity index (χ2n) is 11.1. The first-order valence-corrected chi connectivity index (χ1v) is 13.2. The van der Waals surface area contributed by atoms with Gasteiger partial charge in [0.15, 0.2) is 0 Å². The number of aromatic hydroxyl groups is 1. The van der Waals surface area contributed by atoms with E-state index in [4.69, 9.17) is 9.84 Å². The molecule has 0 spiro atoms. The van der Waals surface area contributed by atoms with Crippen LogP contribution in [-0.2, 0) is 12.0 Å². The van der Waals surface area contributed by atoms with Crippen molar-refractivity contribution in [1.29, 1.82) is 0 Å². The highest BCUT2D eigenvalue weighted by atomic mass is 16.5. The van der Waals surface area contributed by atoms with Gasteiger partial charge in [0.25, 0.3) is 0 Å². The number of ether oxygens (including phenoxy) is 1. The molecule has 39 heavy (non-hydrogen) atoms. The highest BCUT2D eigenvalue weighted by molar-refractivity contribution is 5.91. The average Bonchev–Trinajstić information content (AvgIpc) is 2.90. The van der Waals surface area contributed by atoms with Crippen molar-refractivity contribution in [3.05, 3.63) is 94.6 Å². The summed E-state index contributed by atoms with van der Waals surface area (Å²) in [5.41, 5.74) is 4.00. The topological polar surface area (TPSA) is 93.5 Å². The first-order valence-electron chi connectivity index (χ1n) is 13.2. The maximum Gasteiger partial charge on any atom is 0.339 e. The standard InChI is InChI=1S/C32H38N2O5/c1-32(2,3)26-19-24(28(35)13-11-22-10-12-25(31(37)38)29(36)18-22)20-27(34-16-14-33(4)15-17-34)30(26)39-21-23-8-6-5-7-9-23/h5-13,18-20,28,35-36H,14-17,21H2,1-4H3,(H,37,38)/b13-11+. The fourth-order valence-electron chi connectivity index (χ4n) is 4.67. The Balaban J connectivity index is 1.71. The monoisotopic (exact) mass is 530 g/mol. The third-order valence-corrected chi connectivity index (χ3v) is 7.03. The minimum absolute atomic E-state index is 0.162. The summed E-state index contributed by atoms with van der Waals surface area (Å²) in [7, 11) is 2.12. The molecule has 7 heteroatoms. The molecule has 1 aliphatic rings. The highest BCUT2D eigenvalue weighted by Gasteiger charge is 2.28. The summed E-state index contributed by atoms with van der Waals surface area (Å²) in [6, 6.07) is 18.5. The number of rotatable bonds is 8. The van der Waals surface area contributed by atoms with Gasteiger partial charge in [0, 0.05) is 31.7 Å². The molecule has 3 N–H and O–H groups in total. The Morgan fingerprint density at radius 2 is 1.72 bits per heavy atom. The summed E-state index contributed by atoms with van der Waals surface area (Å²) in [4.78, 5) is 15.8. The molecule has 0 aliphatic carbocycles. The Morgan fingerprint density at radius 1 is 1.03 bits per heavy atom. The van der Waals surface area contributed by atoms with Crippen LogP contribution in [-0.4, -0.2) is 59.4 Å². The lowest BCUT2D eigenvalue weighted by Gasteiger charge is -2.37. The van der Waals surface area contributed by atoms with Crippen molar-refractivity contribution in [2.45, 2.75) is 38.9 Å². The van der Waals surface area contributed by atoms with Gasteiger partial charge in [-0.15, -0.1) is 0 Å². The van der Waals surface area contributed by atoms with Gasteiger partial charge in [-0.3, -0.25) is 0 Å². The van der Waals surface area contributed by atoms with E-state index in [2.05, 4.69) is 49.8 Å². The number of benzene rings is 3. The number of nitrogens with zero attached hydrogens (tertiary/aromatic N) is 2. The van der Waals surface area contributed by atoms with E-state index in [1.807, 2.05) is 30.3 Å². The van der Waals surface area contributed by atoms with Gasteiger partial charge in [-0.05, 0) is 53.4 Å². The fraction of sp³-hybridized carbons (Fsp3) is 0.344. The van der Waals surface area contributed by atoms with Crippen LogP contribution in [0.3, 0.4) is 0 Å². The van der Waals surface area contributed by atoms with Crippen LogP contribution >= 0.6 is 0 Å².